The number of nitrogens with zero attached hydrogens (tertiary/aromatic N) is 6. The summed E-state index contributed by atoms with van der Waals surface area (Å²) in [7, 11) is 3.32. The number of anilines is 1. The number of ether oxygens (including phenoxy) is 1. The number of phenolic OH excluding ortho intramolecular Hbond substituents is 1. The van der Waals surface area contributed by atoms with E-state index in [1.54, 1.807) is 23.9 Å². The number of aryl methyl sites for hydroxylation is 1. The van der Waals surface area contributed by atoms with Gasteiger partial charge in [-0.2, -0.15) is 9.97 Å². The first-order valence-corrected chi connectivity index (χ1v) is 17.9. The van der Waals surface area contributed by atoms with Crippen molar-refractivity contribution in [1.82, 2.24) is 24.8 Å². The van der Waals surface area contributed by atoms with Crippen LogP contribution >= 0.6 is 0 Å². The lowest BCUT2D eigenvalue weighted by atomic mass is 9.92. The van der Waals surface area contributed by atoms with E-state index < -0.39 is 78.3 Å². The summed E-state index contributed by atoms with van der Waals surface area (Å²) in [6.45, 7) is 1.31. The van der Waals surface area contributed by atoms with Gasteiger partial charge in [0.25, 0.3) is 11.8 Å². The van der Waals surface area contributed by atoms with Crippen LogP contribution in [0.1, 0.15) is 37.1 Å². The summed E-state index contributed by atoms with van der Waals surface area (Å²) in [4.78, 5) is 31.8. The van der Waals surface area contributed by atoms with Crippen LogP contribution in [0.3, 0.4) is 0 Å². The quantitative estimate of drug-likeness (QED) is 0.137. The molecule has 4 atom stereocenters. The molecule has 2 aliphatic heterocycles. The summed E-state index contributed by atoms with van der Waals surface area (Å²) >= 11 is 0. The van der Waals surface area contributed by atoms with Gasteiger partial charge in [0.2, 0.25) is 5.91 Å². The van der Waals surface area contributed by atoms with Crippen LogP contribution in [0.4, 0.5) is 32.2 Å². The van der Waals surface area contributed by atoms with Crippen LogP contribution in [-0.2, 0) is 4.79 Å². The third-order valence-corrected chi connectivity index (χ3v) is 11.4. The molecule has 0 radical (unpaired) electrons. The molecule has 2 aromatic heterocycles. The molecule has 16 heteroatoms. The zero-order valence-corrected chi connectivity index (χ0v) is 29.9. The maximum absolute atomic E-state index is 17.6. The van der Waals surface area contributed by atoms with Crippen LogP contribution in [0.15, 0.2) is 28.7 Å². The van der Waals surface area contributed by atoms with Gasteiger partial charge >= 0.3 is 6.01 Å². The first kappa shape index (κ1) is 35.4. The lowest BCUT2D eigenvalue weighted by molar-refractivity contribution is -0.138. The molecular weight excluding hydrogens is 730 g/mol. The van der Waals surface area contributed by atoms with Crippen molar-refractivity contribution >= 4 is 44.5 Å². The first-order chi connectivity index (χ1) is 26.0. The van der Waals surface area contributed by atoms with Gasteiger partial charge in [0, 0.05) is 56.9 Å². The Balaban J connectivity index is 1.24. The fraction of sp³-hybridized carbons (Fsp3) is 0.436. The minimum atomic E-state index is -3.04. The molecule has 3 aromatic carbocycles. The average Bonchev–Trinajstić information content (AvgIpc) is 3.78. The topological polar surface area (TPSA) is 108 Å². The third-order valence-electron chi connectivity index (χ3n) is 11.4. The van der Waals surface area contributed by atoms with Crippen LogP contribution in [0.2, 0.25) is 0 Å². The molecule has 1 unspecified atom stereocenters. The molecule has 1 amide bonds. The van der Waals surface area contributed by atoms with Gasteiger partial charge in [-0.1, -0.05) is 12.0 Å². The van der Waals surface area contributed by atoms with Crippen LogP contribution in [0.5, 0.6) is 11.8 Å². The summed E-state index contributed by atoms with van der Waals surface area (Å²) in [6.07, 6.45) is 5.88. The maximum Gasteiger partial charge on any atom is 0.319 e. The van der Waals surface area contributed by atoms with E-state index in [2.05, 4.69) is 20.9 Å². The second-order valence-corrected chi connectivity index (χ2v) is 15.6. The van der Waals surface area contributed by atoms with Gasteiger partial charge in [-0.15, -0.1) is 6.42 Å². The molecule has 286 valence electrons. The fourth-order valence-corrected chi connectivity index (χ4v) is 8.75. The SMILES string of the molecule is C#Cc1c(F)ccc2cc(O)cc(-c3c(F)c4nc(OC[C@]5(CN(C)C)CC5(F)F)nc(N5C[C@H]6CC[C@@H](C5)N6C(=O)C5CC5(F)F)c4c4oc(C)nc34)c12. The number of terminal acetylenes is 1. The van der Waals surface area contributed by atoms with E-state index in [0.717, 1.165) is 6.07 Å². The van der Waals surface area contributed by atoms with Crippen LogP contribution < -0.4 is 9.64 Å². The number of phenols is 1. The van der Waals surface area contributed by atoms with Gasteiger partial charge in [-0.3, -0.25) is 4.79 Å². The number of carbonyl (C=O) groups is 1. The highest BCUT2D eigenvalue weighted by Crippen LogP contribution is 2.61. The Bertz CT molecular complexity index is 2500. The number of aromatic nitrogens is 3. The van der Waals surface area contributed by atoms with Crippen molar-refractivity contribution in [3.63, 3.8) is 0 Å². The minimum absolute atomic E-state index is 0.00501. The van der Waals surface area contributed by atoms with Crippen LogP contribution in [0, 0.1) is 42.2 Å². The van der Waals surface area contributed by atoms with E-state index in [1.165, 1.54) is 30.0 Å². The van der Waals surface area contributed by atoms with Crippen LogP contribution in [-0.4, -0.2) is 100 Å². The zero-order valence-electron chi connectivity index (χ0n) is 29.9. The van der Waals surface area contributed by atoms with Gasteiger partial charge in [-0.05, 0) is 56.1 Å². The number of hydrogen-bond acceptors (Lipinski definition) is 9. The number of piperazine rings is 1. The van der Waals surface area contributed by atoms with E-state index in [-0.39, 0.29) is 81.2 Å². The second kappa shape index (κ2) is 11.8. The molecule has 4 fully saturated rings. The first-order valence-electron chi connectivity index (χ1n) is 17.9. The Hall–Kier alpha value is -5.30. The summed E-state index contributed by atoms with van der Waals surface area (Å²) in [5.41, 5.74) is -2.30. The number of fused-ring (bicyclic) bond motifs is 6. The van der Waals surface area contributed by atoms with Crippen LogP contribution in [0.25, 0.3) is 43.9 Å². The summed E-state index contributed by atoms with van der Waals surface area (Å²) < 4.78 is 102. The summed E-state index contributed by atoms with van der Waals surface area (Å²) in [5.74, 6) is -7.50. The Morgan fingerprint density at radius 2 is 1.76 bits per heavy atom. The Morgan fingerprint density at radius 3 is 2.38 bits per heavy atom. The predicted molar refractivity (Wildman–Crippen MR) is 189 cm³/mol. The van der Waals surface area contributed by atoms with E-state index in [9.17, 15) is 27.5 Å². The highest BCUT2D eigenvalue weighted by Gasteiger charge is 2.71. The molecule has 2 aliphatic carbocycles. The molecule has 2 saturated carbocycles. The number of amides is 1. The maximum atomic E-state index is 17.6. The lowest BCUT2D eigenvalue weighted by Crippen LogP contribution is -2.56. The zero-order chi connectivity index (χ0) is 38.9. The minimum Gasteiger partial charge on any atom is -0.508 e. The van der Waals surface area contributed by atoms with E-state index in [0.29, 0.717) is 18.2 Å². The number of alkyl halides is 4. The van der Waals surface area contributed by atoms with Gasteiger partial charge in [-0.25, -0.2) is 31.3 Å². The number of oxazole rings is 1. The van der Waals surface area contributed by atoms with Crippen molar-refractivity contribution in [3.8, 4) is 35.2 Å². The molecule has 4 aliphatic rings. The number of carbonyl (C=O) groups excluding carboxylic acids is 1. The summed E-state index contributed by atoms with van der Waals surface area (Å²) in [6, 6.07) is 3.78. The average molecular weight is 765 g/mol. The Labute approximate surface area is 310 Å². The van der Waals surface area contributed by atoms with Crippen molar-refractivity contribution in [1.29, 1.82) is 0 Å². The summed E-state index contributed by atoms with van der Waals surface area (Å²) in [5, 5.41) is 11.3. The number of aromatic hydroxyl groups is 1. The number of benzene rings is 3. The highest BCUT2D eigenvalue weighted by atomic mass is 19.3. The van der Waals surface area contributed by atoms with Gasteiger partial charge in [0.15, 0.2) is 17.3 Å². The van der Waals surface area contributed by atoms with E-state index in [4.69, 9.17) is 15.6 Å². The molecule has 4 heterocycles. The predicted octanol–water partition coefficient (Wildman–Crippen LogP) is 6.67. The van der Waals surface area contributed by atoms with E-state index in [1.807, 2.05) is 0 Å². The second-order valence-electron chi connectivity index (χ2n) is 15.6. The molecule has 2 bridgehead atoms. The molecule has 55 heavy (non-hydrogen) atoms. The molecule has 2 saturated heterocycles. The van der Waals surface area contributed by atoms with Crippen molar-refractivity contribution in [2.45, 2.75) is 56.5 Å². The molecule has 0 spiro atoms. The Kier molecular flexibility index (Phi) is 7.63. The Morgan fingerprint density at radius 1 is 1.07 bits per heavy atom. The number of rotatable bonds is 8. The molecule has 5 aromatic rings. The molecule has 1 N–H and O–H groups in total. The van der Waals surface area contributed by atoms with Crippen molar-refractivity contribution in [3.05, 3.63) is 47.4 Å². The van der Waals surface area contributed by atoms with E-state index >= 15 is 8.78 Å². The molecule has 10 nitrogen and oxygen atoms in total. The number of hydrogen-bond donors (Lipinski definition) is 1. The molecular formula is C39H34F6N6O4. The molecule has 9 rings (SSSR count). The fourth-order valence-electron chi connectivity index (χ4n) is 8.75. The smallest absolute Gasteiger partial charge is 0.319 e. The standard InChI is InChI=1S/C39H34F6N6O4/c1-5-23-26(40)9-6-19-10-22(52)11-24(27(19)23)28-30(41)31-29(33-32(28)46-18(2)55-33)34(48-36(47-31)54-17-37(16-49(3)4)15-39(37,44)45)50-13-20-7-8-21(14-50)51(20)35(53)25-12-38(25,42)43/h1,6,9-11,20-21,25,52H,7-8,12-17H2,2-4H3/t20-,21+,25?,37-/m1/s1. The van der Waals surface area contributed by atoms with Gasteiger partial charge in [0.1, 0.15) is 40.9 Å². The largest absolute Gasteiger partial charge is 0.508 e. The van der Waals surface area contributed by atoms with Crippen molar-refractivity contribution < 1.29 is 45.4 Å². The van der Waals surface area contributed by atoms with Crippen molar-refractivity contribution in [2.24, 2.45) is 11.3 Å². The monoisotopic (exact) mass is 764 g/mol. The third kappa shape index (κ3) is 5.44. The highest BCUT2D eigenvalue weighted by molar-refractivity contribution is 6.16. The van der Waals surface area contributed by atoms with Gasteiger partial charge in [0.05, 0.1) is 21.9 Å². The van der Waals surface area contributed by atoms with Gasteiger partial charge < -0.3 is 29.0 Å². The normalized spacial score (nSPS) is 24.9. The van der Waals surface area contributed by atoms with Crippen molar-refractivity contribution in [2.75, 3.05) is 45.2 Å². The number of halogens is 6. The lowest BCUT2D eigenvalue weighted by Gasteiger charge is -2.42.